The first-order valence-corrected chi connectivity index (χ1v) is 6.93. The lowest BCUT2D eigenvalue weighted by Gasteiger charge is -2.17. The van der Waals surface area contributed by atoms with Gasteiger partial charge in [0, 0.05) is 17.7 Å². The second-order valence-electron chi connectivity index (χ2n) is 5.47. The van der Waals surface area contributed by atoms with Crippen LogP contribution in [0, 0.1) is 27.2 Å². The van der Waals surface area contributed by atoms with Gasteiger partial charge in [-0.3, -0.25) is 20.2 Å². The fourth-order valence-corrected chi connectivity index (χ4v) is 2.35. The molecule has 7 nitrogen and oxygen atoms in total. The van der Waals surface area contributed by atoms with Crippen LogP contribution in [0.4, 0.5) is 17.1 Å². The number of anilines is 1. The molecular formula is C14H21N3O4. The first-order valence-electron chi connectivity index (χ1n) is 6.93. The van der Waals surface area contributed by atoms with Gasteiger partial charge in [0.25, 0.3) is 5.69 Å². The number of hydrogen-bond acceptors (Lipinski definition) is 5. The van der Waals surface area contributed by atoms with Gasteiger partial charge < -0.3 is 5.32 Å². The fourth-order valence-electron chi connectivity index (χ4n) is 2.35. The van der Waals surface area contributed by atoms with E-state index in [2.05, 4.69) is 5.32 Å². The van der Waals surface area contributed by atoms with Gasteiger partial charge in [0.2, 0.25) is 0 Å². The number of nitro benzene ring substituents is 2. The molecule has 1 aromatic carbocycles. The van der Waals surface area contributed by atoms with Crippen LogP contribution in [0.5, 0.6) is 0 Å². The highest BCUT2D eigenvalue weighted by Crippen LogP contribution is 2.42. The number of nitrogens with one attached hydrogen (secondary N) is 1. The van der Waals surface area contributed by atoms with Gasteiger partial charge in [-0.1, -0.05) is 20.8 Å². The van der Waals surface area contributed by atoms with Crippen LogP contribution in [0.1, 0.15) is 51.2 Å². The van der Waals surface area contributed by atoms with E-state index in [9.17, 15) is 20.2 Å². The molecule has 0 aliphatic heterocycles. The Labute approximate surface area is 123 Å². The standard InChI is InChI=1S/C14H21N3O4/c1-6-10(5)15-13-11(16(18)19)7-9(4)12(8(2)3)14(13)17(20)21/h7-8,10,15H,6H2,1-5H3. The van der Waals surface area contributed by atoms with E-state index in [0.717, 1.165) is 0 Å². The SMILES string of the molecule is CCC(C)Nc1c([N+](=O)[O-])cc(C)c(C(C)C)c1[N+](=O)[O-]. The van der Waals surface area contributed by atoms with Crippen molar-refractivity contribution in [2.75, 3.05) is 5.32 Å². The third-order valence-electron chi connectivity index (χ3n) is 3.49. The van der Waals surface area contributed by atoms with Crippen LogP contribution in [0.3, 0.4) is 0 Å². The van der Waals surface area contributed by atoms with Crippen molar-refractivity contribution in [2.45, 2.75) is 53.0 Å². The van der Waals surface area contributed by atoms with Crippen LogP contribution in [0.2, 0.25) is 0 Å². The maximum atomic E-state index is 11.5. The predicted octanol–water partition coefficient (Wildman–Crippen LogP) is 4.15. The molecule has 0 bridgehead atoms. The first-order chi connectivity index (χ1) is 9.70. The van der Waals surface area contributed by atoms with Crippen LogP contribution in [-0.2, 0) is 0 Å². The molecule has 0 amide bonds. The van der Waals surface area contributed by atoms with E-state index in [-0.39, 0.29) is 29.0 Å². The van der Waals surface area contributed by atoms with Crippen LogP contribution in [0.15, 0.2) is 6.07 Å². The predicted molar refractivity (Wildman–Crippen MR) is 82.0 cm³/mol. The van der Waals surface area contributed by atoms with Crippen molar-refractivity contribution >= 4 is 17.1 Å². The van der Waals surface area contributed by atoms with Crippen LogP contribution in [-0.4, -0.2) is 15.9 Å². The van der Waals surface area contributed by atoms with Gasteiger partial charge in [0.05, 0.1) is 9.85 Å². The first kappa shape index (κ1) is 16.9. The Hall–Kier alpha value is -2.18. The van der Waals surface area contributed by atoms with Gasteiger partial charge in [-0.25, -0.2) is 0 Å². The van der Waals surface area contributed by atoms with Crippen molar-refractivity contribution in [3.05, 3.63) is 37.4 Å². The molecule has 1 rings (SSSR count). The molecule has 0 fully saturated rings. The molecule has 0 spiro atoms. The van der Waals surface area contributed by atoms with E-state index in [0.29, 0.717) is 17.5 Å². The van der Waals surface area contributed by atoms with E-state index in [1.807, 2.05) is 27.7 Å². The van der Waals surface area contributed by atoms with Gasteiger partial charge in [0.15, 0.2) is 5.69 Å². The largest absolute Gasteiger partial charge is 0.371 e. The Bertz CT molecular complexity index is 570. The molecular weight excluding hydrogens is 274 g/mol. The summed E-state index contributed by atoms with van der Waals surface area (Å²) in [7, 11) is 0. The molecule has 0 aliphatic carbocycles. The van der Waals surface area contributed by atoms with Crippen LogP contribution >= 0.6 is 0 Å². The second kappa shape index (κ2) is 6.51. The quantitative estimate of drug-likeness (QED) is 0.628. The summed E-state index contributed by atoms with van der Waals surface area (Å²) in [4.78, 5) is 21.6. The summed E-state index contributed by atoms with van der Waals surface area (Å²) < 4.78 is 0. The van der Waals surface area contributed by atoms with Crippen LogP contribution in [0.25, 0.3) is 0 Å². The molecule has 116 valence electrons. The minimum atomic E-state index is -0.575. The van der Waals surface area contributed by atoms with E-state index in [4.69, 9.17) is 0 Å². The monoisotopic (exact) mass is 295 g/mol. The molecule has 0 heterocycles. The zero-order valence-corrected chi connectivity index (χ0v) is 13.0. The molecule has 1 aromatic rings. The Balaban J connectivity index is 3.71. The zero-order chi connectivity index (χ0) is 16.3. The van der Waals surface area contributed by atoms with E-state index >= 15 is 0 Å². The minimum Gasteiger partial charge on any atom is -0.371 e. The van der Waals surface area contributed by atoms with Crippen molar-refractivity contribution < 1.29 is 9.85 Å². The number of nitrogens with zero attached hydrogens (tertiary/aromatic N) is 2. The highest BCUT2D eigenvalue weighted by atomic mass is 16.6. The zero-order valence-electron chi connectivity index (χ0n) is 13.0. The van der Waals surface area contributed by atoms with Gasteiger partial charge in [-0.2, -0.15) is 0 Å². The van der Waals surface area contributed by atoms with E-state index < -0.39 is 9.85 Å². The average molecular weight is 295 g/mol. The molecule has 7 heteroatoms. The highest BCUT2D eigenvalue weighted by molar-refractivity contribution is 5.78. The Morgan fingerprint density at radius 1 is 1.19 bits per heavy atom. The third-order valence-corrected chi connectivity index (χ3v) is 3.49. The molecule has 0 aromatic heterocycles. The molecule has 0 aliphatic rings. The average Bonchev–Trinajstić information content (AvgIpc) is 2.38. The number of nitro groups is 2. The Morgan fingerprint density at radius 3 is 2.14 bits per heavy atom. The van der Waals surface area contributed by atoms with Gasteiger partial charge >= 0.3 is 5.69 Å². The van der Waals surface area contributed by atoms with Gasteiger partial charge in [-0.15, -0.1) is 0 Å². The lowest BCUT2D eigenvalue weighted by atomic mass is 9.94. The second-order valence-corrected chi connectivity index (χ2v) is 5.47. The lowest BCUT2D eigenvalue weighted by Crippen LogP contribution is -2.17. The molecule has 21 heavy (non-hydrogen) atoms. The smallest absolute Gasteiger partial charge is 0.303 e. The van der Waals surface area contributed by atoms with Crippen molar-refractivity contribution in [2.24, 2.45) is 0 Å². The van der Waals surface area contributed by atoms with Gasteiger partial charge in [0.1, 0.15) is 0 Å². The summed E-state index contributed by atoms with van der Waals surface area (Å²) in [6.45, 7) is 9.10. The van der Waals surface area contributed by atoms with Crippen molar-refractivity contribution in [3.63, 3.8) is 0 Å². The highest BCUT2D eigenvalue weighted by Gasteiger charge is 2.32. The normalized spacial score (nSPS) is 12.3. The van der Waals surface area contributed by atoms with Crippen LogP contribution < -0.4 is 5.32 Å². The summed E-state index contributed by atoms with van der Waals surface area (Å²) in [6, 6.07) is 1.32. The van der Waals surface area contributed by atoms with E-state index in [1.54, 1.807) is 6.92 Å². The number of hydrogen-bond donors (Lipinski definition) is 1. The molecule has 0 saturated carbocycles. The third kappa shape index (κ3) is 3.48. The number of benzene rings is 1. The Kier molecular flexibility index (Phi) is 5.23. The molecule has 1 N–H and O–H groups in total. The van der Waals surface area contributed by atoms with E-state index in [1.165, 1.54) is 6.07 Å². The summed E-state index contributed by atoms with van der Waals surface area (Å²) in [5, 5.41) is 25.7. The van der Waals surface area contributed by atoms with Gasteiger partial charge in [-0.05, 0) is 31.7 Å². The Morgan fingerprint density at radius 2 is 1.76 bits per heavy atom. The molecule has 1 atom stereocenters. The summed E-state index contributed by atoms with van der Waals surface area (Å²) in [6.07, 6.45) is 0.708. The summed E-state index contributed by atoms with van der Waals surface area (Å²) >= 11 is 0. The maximum Gasteiger partial charge on any atom is 0.303 e. The van der Waals surface area contributed by atoms with Crippen molar-refractivity contribution in [1.82, 2.24) is 0 Å². The molecule has 0 saturated heterocycles. The fraction of sp³-hybridized carbons (Fsp3) is 0.571. The maximum absolute atomic E-state index is 11.5. The lowest BCUT2D eigenvalue weighted by molar-refractivity contribution is -0.392. The van der Waals surface area contributed by atoms with Crippen molar-refractivity contribution in [3.8, 4) is 0 Å². The topological polar surface area (TPSA) is 98.3 Å². The molecule has 1 unspecified atom stereocenters. The summed E-state index contributed by atoms with van der Waals surface area (Å²) in [5.74, 6) is -0.0938. The number of rotatable bonds is 6. The summed E-state index contributed by atoms with van der Waals surface area (Å²) in [5.41, 5.74) is 0.684. The van der Waals surface area contributed by atoms with Crippen molar-refractivity contribution in [1.29, 1.82) is 0 Å². The number of aryl methyl sites for hydroxylation is 1. The minimum absolute atomic E-state index is 0.00801. The molecule has 0 radical (unpaired) electrons.